The van der Waals surface area contributed by atoms with Gasteiger partial charge in [-0.3, -0.25) is 19.7 Å². The second-order valence-corrected chi connectivity index (χ2v) is 6.46. The Balaban J connectivity index is 2.19. The first-order chi connectivity index (χ1) is 11.8. The number of non-ortho nitro benzene ring substituents is 1. The molecule has 2 amide bonds. The van der Waals surface area contributed by atoms with Crippen LogP contribution in [0.25, 0.3) is 6.08 Å². The fourth-order valence-electron chi connectivity index (χ4n) is 2.42. The van der Waals surface area contributed by atoms with Gasteiger partial charge in [0.2, 0.25) is 5.91 Å². The molecule has 0 aliphatic carbocycles. The summed E-state index contributed by atoms with van der Waals surface area (Å²) in [6.45, 7) is 3.78. The maximum Gasteiger partial charge on any atom is 0.270 e. The summed E-state index contributed by atoms with van der Waals surface area (Å²) in [6.07, 6.45) is 3.36. The van der Waals surface area contributed by atoms with Crippen LogP contribution in [0.1, 0.15) is 33.3 Å². The van der Waals surface area contributed by atoms with Gasteiger partial charge >= 0.3 is 0 Å². The van der Waals surface area contributed by atoms with Crippen LogP contribution in [0.4, 0.5) is 10.7 Å². The van der Waals surface area contributed by atoms with Crippen molar-refractivity contribution in [1.82, 2.24) is 0 Å². The highest BCUT2D eigenvalue weighted by atomic mass is 32.1. The summed E-state index contributed by atoms with van der Waals surface area (Å²) in [6, 6.07) is 5.92. The van der Waals surface area contributed by atoms with Crippen molar-refractivity contribution in [2.24, 2.45) is 5.73 Å². The number of amides is 2. The highest BCUT2D eigenvalue weighted by Gasteiger charge is 2.19. The van der Waals surface area contributed by atoms with Crippen LogP contribution >= 0.6 is 11.3 Å². The summed E-state index contributed by atoms with van der Waals surface area (Å²) in [7, 11) is 0. The van der Waals surface area contributed by atoms with E-state index in [0.717, 1.165) is 10.4 Å². The first-order valence-corrected chi connectivity index (χ1v) is 8.30. The molecule has 1 heterocycles. The van der Waals surface area contributed by atoms with E-state index in [1.165, 1.54) is 41.7 Å². The van der Waals surface area contributed by atoms with E-state index >= 15 is 0 Å². The van der Waals surface area contributed by atoms with Gasteiger partial charge in [0.05, 0.1) is 10.5 Å². The van der Waals surface area contributed by atoms with E-state index in [4.69, 9.17) is 5.73 Å². The van der Waals surface area contributed by atoms with Gasteiger partial charge in [-0.15, -0.1) is 11.3 Å². The molecule has 2 aromatic rings. The lowest BCUT2D eigenvalue weighted by molar-refractivity contribution is -0.384. The van der Waals surface area contributed by atoms with Gasteiger partial charge in [-0.1, -0.05) is 19.1 Å². The lowest BCUT2D eigenvalue weighted by atomic mass is 10.1. The van der Waals surface area contributed by atoms with Crippen molar-refractivity contribution in [3.05, 3.63) is 62.0 Å². The maximum absolute atomic E-state index is 12.1. The Labute approximate surface area is 148 Å². The molecule has 0 atom stereocenters. The Kier molecular flexibility index (Phi) is 5.66. The van der Waals surface area contributed by atoms with Crippen molar-refractivity contribution >= 4 is 39.9 Å². The second-order valence-electron chi connectivity index (χ2n) is 5.23. The number of nitrogens with two attached hydrogens (primary N) is 1. The van der Waals surface area contributed by atoms with Crippen molar-refractivity contribution in [1.29, 1.82) is 0 Å². The maximum atomic E-state index is 12.1. The third kappa shape index (κ3) is 4.30. The lowest BCUT2D eigenvalue weighted by Gasteiger charge is -2.03. The summed E-state index contributed by atoms with van der Waals surface area (Å²) in [5.74, 6) is -1.03. The lowest BCUT2D eigenvalue weighted by Crippen LogP contribution is -2.16. The van der Waals surface area contributed by atoms with Crippen LogP contribution < -0.4 is 11.1 Å². The van der Waals surface area contributed by atoms with E-state index in [-0.39, 0.29) is 5.69 Å². The monoisotopic (exact) mass is 359 g/mol. The molecule has 0 saturated heterocycles. The van der Waals surface area contributed by atoms with Gasteiger partial charge in [0.25, 0.3) is 11.6 Å². The number of nitro benzene ring substituents is 1. The van der Waals surface area contributed by atoms with Crippen molar-refractivity contribution in [2.75, 3.05) is 5.32 Å². The van der Waals surface area contributed by atoms with Crippen LogP contribution in [-0.4, -0.2) is 16.7 Å². The zero-order chi connectivity index (χ0) is 18.6. The van der Waals surface area contributed by atoms with Crippen LogP contribution in [0.5, 0.6) is 0 Å². The molecule has 2 rings (SSSR count). The summed E-state index contributed by atoms with van der Waals surface area (Å²) >= 11 is 1.29. The SMILES string of the molecule is CCc1c(C)sc(NC(=O)/C=C\c2cccc([N+](=O)[O-])c2)c1C(N)=O. The third-order valence-corrected chi connectivity index (χ3v) is 4.62. The zero-order valence-corrected chi connectivity index (χ0v) is 14.6. The number of nitro groups is 1. The standard InChI is InChI=1S/C17H17N3O4S/c1-3-13-10(2)25-17(15(13)16(18)22)19-14(21)8-7-11-5-4-6-12(9-11)20(23)24/h4-9H,3H2,1-2H3,(H2,18,22)(H,19,21)/b8-7-. The minimum absolute atomic E-state index is 0.0555. The molecule has 0 unspecified atom stereocenters. The fraction of sp³-hybridized carbons (Fsp3) is 0.176. The fourth-order valence-corrected chi connectivity index (χ4v) is 3.57. The summed E-state index contributed by atoms with van der Waals surface area (Å²) in [5.41, 5.74) is 7.06. The topological polar surface area (TPSA) is 115 Å². The number of carbonyl (C=O) groups is 2. The van der Waals surface area contributed by atoms with Gasteiger partial charge < -0.3 is 11.1 Å². The molecule has 0 radical (unpaired) electrons. The molecule has 1 aromatic heterocycles. The Morgan fingerprint density at radius 3 is 2.72 bits per heavy atom. The van der Waals surface area contributed by atoms with Gasteiger partial charge in [-0.05, 0) is 30.5 Å². The van der Waals surface area contributed by atoms with Crippen LogP contribution in [0.15, 0.2) is 30.3 Å². The van der Waals surface area contributed by atoms with Crippen molar-refractivity contribution < 1.29 is 14.5 Å². The summed E-state index contributed by atoms with van der Waals surface area (Å²) in [4.78, 5) is 35.0. The molecule has 0 aliphatic rings. The number of primary amides is 1. The Morgan fingerprint density at radius 2 is 2.12 bits per heavy atom. The number of anilines is 1. The highest BCUT2D eigenvalue weighted by Crippen LogP contribution is 2.33. The van der Waals surface area contributed by atoms with Crippen LogP contribution in [0, 0.1) is 17.0 Å². The Bertz CT molecular complexity index is 871. The number of thiophene rings is 1. The van der Waals surface area contributed by atoms with Gasteiger partial charge in [0, 0.05) is 23.1 Å². The average molecular weight is 359 g/mol. The zero-order valence-electron chi connectivity index (χ0n) is 13.7. The molecular weight excluding hydrogens is 342 g/mol. The predicted octanol–water partition coefficient (Wildman–Crippen LogP) is 3.28. The third-order valence-electron chi connectivity index (χ3n) is 3.55. The molecule has 0 aliphatic heterocycles. The second kappa shape index (κ2) is 7.71. The van der Waals surface area contributed by atoms with E-state index in [9.17, 15) is 19.7 Å². The number of hydrogen-bond acceptors (Lipinski definition) is 5. The smallest absolute Gasteiger partial charge is 0.270 e. The number of nitrogens with zero attached hydrogens (tertiary/aromatic N) is 1. The molecule has 0 spiro atoms. The molecule has 3 N–H and O–H groups in total. The quantitative estimate of drug-likeness (QED) is 0.468. The van der Waals surface area contributed by atoms with Crippen molar-refractivity contribution in [2.45, 2.75) is 20.3 Å². The van der Waals surface area contributed by atoms with Crippen molar-refractivity contribution in [3.63, 3.8) is 0 Å². The Hall–Kier alpha value is -3.00. The predicted molar refractivity (Wildman–Crippen MR) is 97.7 cm³/mol. The van der Waals surface area contributed by atoms with E-state index < -0.39 is 16.7 Å². The normalized spacial score (nSPS) is 10.8. The van der Waals surface area contributed by atoms with Gasteiger partial charge in [-0.25, -0.2) is 0 Å². The largest absolute Gasteiger partial charge is 0.365 e. The number of carbonyl (C=O) groups excluding carboxylic acids is 2. The van der Waals surface area contributed by atoms with E-state index in [0.29, 0.717) is 22.5 Å². The first kappa shape index (κ1) is 18.3. The number of aryl methyl sites for hydroxylation is 1. The first-order valence-electron chi connectivity index (χ1n) is 7.49. The van der Waals surface area contributed by atoms with E-state index in [1.54, 1.807) is 6.07 Å². The molecule has 0 fully saturated rings. The molecule has 130 valence electrons. The molecule has 0 saturated carbocycles. The van der Waals surface area contributed by atoms with Gasteiger partial charge in [0.15, 0.2) is 0 Å². The molecule has 25 heavy (non-hydrogen) atoms. The molecule has 1 aromatic carbocycles. The van der Waals surface area contributed by atoms with Crippen LogP contribution in [-0.2, 0) is 11.2 Å². The molecule has 7 nitrogen and oxygen atoms in total. The average Bonchev–Trinajstić information content (AvgIpc) is 2.88. The minimum Gasteiger partial charge on any atom is -0.365 e. The number of hydrogen-bond donors (Lipinski definition) is 2. The number of nitrogens with one attached hydrogen (secondary N) is 1. The number of rotatable bonds is 6. The van der Waals surface area contributed by atoms with Crippen LogP contribution in [0.2, 0.25) is 0 Å². The molecular formula is C17H17N3O4S. The van der Waals surface area contributed by atoms with Gasteiger partial charge in [-0.2, -0.15) is 0 Å². The van der Waals surface area contributed by atoms with E-state index in [2.05, 4.69) is 5.32 Å². The Morgan fingerprint density at radius 1 is 1.40 bits per heavy atom. The van der Waals surface area contributed by atoms with E-state index in [1.807, 2.05) is 13.8 Å². The minimum atomic E-state index is -0.584. The highest BCUT2D eigenvalue weighted by molar-refractivity contribution is 7.16. The summed E-state index contributed by atoms with van der Waals surface area (Å²) < 4.78 is 0. The number of benzene rings is 1. The summed E-state index contributed by atoms with van der Waals surface area (Å²) in [5, 5.41) is 13.8. The van der Waals surface area contributed by atoms with Crippen molar-refractivity contribution in [3.8, 4) is 0 Å². The van der Waals surface area contributed by atoms with Crippen LogP contribution in [0.3, 0.4) is 0 Å². The van der Waals surface area contributed by atoms with Gasteiger partial charge in [0.1, 0.15) is 5.00 Å². The molecule has 0 bridgehead atoms. The molecule has 8 heteroatoms.